The topological polar surface area (TPSA) is 62.2 Å². The summed E-state index contributed by atoms with van der Waals surface area (Å²) in [4.78, 5) is 19.5. The molecule has 1 saturated heterocycles. The fraction of sp³-hybridized carbons (Fsp3) is 0.412. The molecular formula is C17H18F3N5O. The lowest BCUT2D eigenvalue weighted by Crippen LogP contribution is -2.46. The SMILES string of the molecule is CN(c1cccnn1)C1CCN(C(=O)c2ccncc2C(F)(F)F)CC1. The Morgan fingerprint density at radius 2 is 1.96 bits per heavy atom. The first-order valence-electron chi connectivity index (χ1n) is 8.19. The van der Waals surface area contributed by atoms with Crippen molar-refractivity contribution in [1.82, 2.24) is 20.1 Å². The molecule has 0 unspecified atom stereocenters. The minimum atomic E-state index is -4.61. The number of likely N-dealkylation sites (tertiary alicyclic amines) is 1. The fourth-order valence-corrected chi connectivity index (χ4v) is 3.10. The van der Waals surface area contributed by atoms with E-state index in [1.54, 1.807) is 12.3 Å². The minimum absolute atomic E-state index is 0.148. The predicted molar refractivity (Wildman–Crippen MR) is 88.6 cm³/mol. The van der Waals surface area contributed by atoms with Gasteiger partial charge in [-0.3, -0.25) is 9.78 Å². The Bertz CT molecular complexity index is 760. The third-order valence-electron chi connectivity index (χ3n) is 4.58. The van der Waals surface area contributed by atoms with Gasteiger partial charge in [0, 0.05) is 44.8 Å². The van der Waals surface area contributed by atoms with Crippen molar-refractivity contribution in [2.45, 2.75) is 25.1 Å². The number of hydrogen-bond acceptors (Lipinski definition) is 5. The van der Waals surface area contributed by atoms with Crippen LogP contribution in [-0.4, -0.2) is 52.2 Å². The summed E-state index contributed by atoms with van der Waals surface area (Å²) >= 11 is 0. The number of piperidine rings is 1. The highest BCUT2D eigenvalue weighted by atomic mass is 19.4. The van der Waals surface area contributed by atoms with Crippen molar-refractivity contribution >= 4 is 11.7 Å². The summed E-state index contributed by atoms with van der Waals surface area (Å²) in [6, 6.07) is 4.91. The number of hydrogen-bond donors (Lipinski definition) is 0. The van der Waals surface area contributed by atoms with Crippen LogP contribution in [0.3, 0.4) is 0 Å². The number of anilines is 1. The number of aromatic nitrogens is 3. The quantitative estimate of drug-likeness (QED) is 0.837. The van der Waals surface area contributed by atoms with Gasteiger partial charge in [0.1, 0.15) is 0 Å². The second-order valence-electron chi connectivity index (χ2n) is 6.14. The number of halogens is 3. The summed E-state index contributed by atoms with van der Waals surface area (Å²) in [6.45, 7) is 0.765. The third-order valence-corrected chi connectivity index (χ3v) is 4.58. The van der Waals surface area contributed by atoms with E-state index in [4.69, 9.17) is 0 Å². The summed E-state index contributed by atoms with van der Waals surface area (Å²) in [5.41, 5.74) is -1.35. The molecular weight excluding hydrogens is 347 g/mol. The van der Waals surface area contributed by atoms with Gasteiger partial charge in [-0.1, -0.05) is 0 Å². The van der Waals surface area contributed by atoms with Gasteiger partial charge in [0.05, 0.1) is 11.1 Å². The van der Waals surface area contributed by atoms with E-state index in [1.807, 2.05) is 18.0 Å². The van der Waals surface area contributed by atoms with E-state index in [1.165, 1.54) is 11.1 Å². The maximum absolute atomic E-state index is 13.1. The molecule has 26 heavy (non-hydrogen) atoms. The average Bonchev–Trinajstić information content (AvgIpc) is 2.67. The molecule has 0 spiro atoms. The maximum Gasteiger partial charge on any atom is 0.418 e. The fourth-order valence-electron chi connectivity index (χ4n) is 3.10. The molecule has 0 bridgehead atoms. The third kappa shape index (κ3) is 3.76. The Morgan fingerprint density at radius 3 is 2.58 bits per heavy atom. The molecule has 0 N–H and O–H groups in total. The Balaban J connectivity index is 1.68. The molecule has 0 saturated carbocycles. The van der Waals surface area contributed by atoms with Crippen LogP contribution in [0.1, 0.15) is 28.8 Å². The largest absolute Gasteiger partial charge is 0.418 e. The monoisotopic (exact) mass is 365 g/mol. The summed E-state index contributed by atoms with van der Waals surface area (Å²) < 4.78 is 39.3. The zero-order chi connectivity index (χ0) is 18.7. The molecule has 1 fully saturated rings. The standard InChI is InChI=1S/C17H18F3N5O/c1-24(15-3-2-7-22-23-15)12-5-9-25(10-6-12)16(26)13-4-8-21-11-14(13)17(18,19)20/h2-4,7-8,11-12H,5-6,9-10H2,1H3. The van der Waals surface area contributed by atoms with E-state index in [0.29, 0.717) is 32.1 Å². The lowest BCUT2D eigenvalue weighted by molar-refractivity contribution is -0.138. The van der Waals surface area contributed by atoms with E-state index < -0.39 is 17.6 Å². The first-order chi connectivity index (χ1) is 12.4. The Morgan fingerprint density at radius 1 is 1.23 bits per heavy atom. The van der Waals surface area contributed by atoms with Crippen molar-refractivity contribution < 1.29 is 18.0 Å². The van der Waals surface area contributed by atoms with Gasteiger partial charge in [-0.15, -0.1) is 5.10 Å². The summed E-state index contributed by atoms with van der Waals surface area (Å²) in [5.74, 6) is 0.117. The molecule has 9 heteroatoms. The van der Waals surface area contributed by atoms with Crippen LogP contribution in [0.2, 0.25) is 0 Å². The van der Waals surface area contributed by atoms with Gasteiger partial charge in [-0.2, -0.15) is 18.3 Å². The van der Waals surface area contributed by atoms with Crippen molar-refractivity contribution in [1.29, 1.82) is 0 Å². The number of nitrogens with zero attached hydrogens (tertiary/aromatic N) is 5. The van der Waals surface area contributed by atoms with E-state index in [-0.39, 0.29) is 11.6 Å². The van der Waals surface area contributed by atoms with Gasteiger partial charge in [-0.05, 0) is 31.0 Å². The van der Waals surface area contributed by atoms with E-state index in [0.717, 1.165) is 11.9 Å². The van der Waals surface area contributed by atoms with E-state index in [9.17, 15) is 18.0 Å². The minimum Gasteiger partial charge on any atom is -0.355 e. The van der Waals surface area contributed by atoms with Crippen LogP contribution >= 0.6 is 0 Å². The summed E-state index contributed by atoms with van der Waals surface area (Å²) in [5, 5.41) is 7.91. The molecule has 2 aromatic rings. The number of amides is 1. The molecule has 138 valence electrons. The van der Waals surface area contributed by atoms with Gasteiger partial charge < -0.3 is 9.80 Å². The van der Waals surface area contributed by atoms with Crippen LogP contribution in [0.15, 0.2) is 36.8 Å². The van der Waals surface area contributed by atoms with Crippen molar-refractivity contribution in [3.05, 3.63) is 47.9 Å². The molecule has 1 aliphatic heterocycles. The first-order valence-corrected chi connectivity index (χ1v) is 8.19. The van der Waals surface area contributed by atoms with Gasteiger partial charge in [-0.25, -0.2) is 0 Å². The zero-order valence-electron chi connectivity index (χ0n) is 14.1. The number of carbonyl (C=O) groups excluding carboxylic acids is 1. The molecule has 6 nitrogen and oxygen atoms in total. The first kappa shape index (κ1) is 18.1. The van der Waals surface area contributed by atoms with Crippen LogP contribution in [0.25, 0.3) is 0 Å². The average molecular weight is 365 g/mol. The summed E-state index contributed by atoms with van der Waals surface area (Å²) in [7, 11) is 1.90. The number of rotatable bonds is 3. The molecule has 0 atom stereocenters. The van der Waals surface area contributed by atoms with Crippen LogP contribution in [0, 0.1) is 0 Å². The Hall–Kier alpha value is -2.71. The van der Waals surface area contributed by atoms with Crippen LogP contribution in [0.4, 0.5) is 19.0 Å². The van der Waals surface area contributed by atoms with Gasteiger partial charge >= 0.3 is 6.18 Å². The number of pyridine rings is 1. The highest BCUT2D eigenvalue weighted by Crippen LogP contribution is 2.32. The highest BCUT2D eigenvalue weighted by molar-refractivity contribution is 5.95. The Kier molecular flexibility index (Phi) is 5.06. The summed E-state index contributed by atoms with van der Waals surface area (Å²) in [6.07, 6.45) is 0.171. The highest BCUT2D eigenvalue weighted by Gasteiger charge is 2.37. The molecule has 0 aromatic carbocycles. The van der Waals surface area contributed by atoms with Crippen LogP contribution in [0.5, 0.6) is 0 Å². The van der Waals surface area contributed by atoms with Crippen LogP contribution < -0.4 is 4.90 Å². The molecule has 3 rings (SSSR count). The molecule has 2 aromatic heterocycles. The molecule has 0 aliphatic carbocycles. The van der Waals surface area contributed by atoms with E-state index >= 15 is 0 Å². The van der Waals surface area contributed by atoms with Gasteiger partial charge in [0.2, 0.25) is 0 Å². The molecule has 1 amide bonds. The second kappa shape index (κ2) is 7.27. The molecule has 1 aliphatic rings. The smallest absolute Gasteiger partial charge is 0.355 e. The van der Waals surface area contributed by atoms with Crippen molar-refractivity contribution in [3.63, 3.8) is 0 Å². The zero-order valence-corrected chi connectivity index (χ0v) is 14.1. The number of carbonyl (C=O) groups is 1. The normalized spacial score (nSPS) is 15.8. The molecule has 0 radical (unpaired) electrons. The Labute approximate surface area is 148 Å². The lowest BCUT2D eigenvalue weighted by Gasteiger charge is -2.37. The predicted octanol–water partition coefficient (Wildman–Crippen LogP) is 2.63. The lowest BCUT2D eigenvalue weighted by atomic mass is 10.0. The van der Waals surface area contributed by atoms with Crippen molar-refractivity contribution in [2.75, 3.05) is 25.0 Å². The van der Waals surface area contributed by atoms with Crippen molar-refractivity contribution in [3.8, 4) is 0 Å². The number of alkyl halides is 3. The molecule has 3 heterocycles. The van der Waals surface area contributed by atoms with Gasteiger partial charge in [0.15, 0.2) is 5.82 Å². The van der Waals surface area contributed by atoms with Crippen molar-refractivity contribution in [2.24, 2.45) is 0 Å². The maximum atomic E-state index is 13.1. The van der Waals surface area contributed by atoms with Gasteiger partial charge in [0.25, 0.3) is 5.91 Å². The van der Waals surface area contributed by atoms with E-state index in [2.05, 4.69) is 15.2 Å². The van der Waals surface area contributed by atoms with Crippen LogP contribution in [-0.2, 0) is 6.18 Å². The second-order valence-corrected chi connectivity index (χ2v) is 6.14.